The lowest BCUT2D eigenvalue weighted by Crippen LogP contribution is -2.15. The number of nitrogens with one attached hydrogen (secondary N) is 1. The number of aromatic nitrogens is 1. The normalized spacial score (nSPS) is 9.95. The number of carbonyl (C=O) groups is 2. The predicted molar refractivity (Wildman–Crippen MR) is 70.3 cm³/mol. The Bertz CT molecular complexity index is 621. The van der Waals surface area contributed by atoms with Crippen molar-refractivity contribution in [2.24, 2.45) is 0 Å². The van der Waals surface area contributed by atoms with E-state index in [4.69, 9.17) is 5.11 Å². The number of hydrogen-bond donors (Lipinski definition) is 2. The van der Waals surface area contributed by atoms with E-state index in [-0.39, 0.29) is 17.2 Å². The number of anilines is 1. The SMILES string of the molecule is Cc1ccc(C(=O)Nc2cnccc2C(=O)O)cc1. The first kappa shape index (κ1) is 12.8. The number of aromatic carboxylic acids is 1. The number of pyridine rings is 1. The molecular weight excluding hydrogens is 244 g/mol. The summed E-state index contributed by atoms with van der Waals surface area (Å²) in [4.78, 5) is 26.8. The summed E-state index contributed by atoms with van der Waals surface area (Å²) in [7, 11) is 0. The molecule has 2 N–H and O–H groups in total. The van der Waals surface area contributed by atoms with Gasteiger partial charge in [0.15, 0.2) is 0 Å². The maximum absolute atomic E-state index is 12.0. The van der Waals surface area contributed by atoms with Gasteiger partial charge in [-0.15, -0.1) is 0 Å². The highest BCUT2D eigenvalue weighted by atomic mass is 16.4. The fourth-order valence-electron chi connectivity index (χ4n) is 1.58. The van der Waals surface area contributed by atoms with Gasteiger partial charge in [0.1, 0.15) is 0 Å². The van der Waals surface area contributed by atoms with Crippen LogP contribution in [-0.4, -0.2) is 22.0 Å². The maximum Gasteiger partial charge on any atom is 0.337 e. The Hall–Kier alpha value is -2.69. The summed E-state index contributed by atoms with van der Waals surface area (Å²) in [6.45, 7) is 1.92. The number of carbonyl (C=O) groups excluding carboxylic acids is 1. The van der Waals surface area contributed by atoms with Crippen molar-refractivity contribution in [3.05, 3.63) is 59.4 Å². The predicted octanol–water partition coefficient (Wildman–Crippen LogP) is 2.34. The standard InChI is InChI=1S/C14H12N2O3/c1-9-2-4-10(5-3-9)13(17)16-12-8-15-7-6-11(12)14(18)19/h2-8H,1H3,(H,16,17)(H,18,19). The summed E-state index contributed by atoms with van der Waals surface area (Å²) in [5.74, 6) is -1.47. The lowest BCUT2D eigenvalue weighted by molar-refractivity contribution is 0.0698. The van der Waals surface area contributed by atoms with Crippen LogP contribution in [0.25, 0.3) is 0 Å². The second-order valence-corrected chi connectivity index (χ2v) is 4.05. The summed E-state index contributed by atoms with van der Waals surface area (Å²) in [5.41, 5.74) is 1.70. The van der Waals surface area contributed by atoms with Crippen LogP contribution < -0.4 is 5.32 Å². The summed E-state index contributed by atoms with van der Waals surface area (Å²) >= 11 is 0. The van der Waals surface area contributed by atoms with Gasteiger partial charge in [0.2, 0.25) is 0 Å². The van der Waals surface area contributed by atoms with Gasteiger partial charge >= 0.3 is 5.97 Å². The molecule has 0 aliphatic carbocycles. The molecule has 0 spiro atoms. The second-order valence-electron chi connectivity index (χ2n) is 4.05. The van der Waals surface area contributed by atoms with E-state index < -0.39 is 5.97 Å². The molecule has 0 saturated carbocycles. The zero-order valence-electron chi connectivity index (χ0n) is 10.3. The van der Waals surface area contributed by atoms with E-state index >= 15 is 0 Å². The summed E-state index contributed by atoms with van der Waals surface area (Å²) in [6.07, 6.45) is 2.68. The minimum absolute atomic E-state index is 0.00969. The highest BCUT2D eigenvalue weighted by Crippen LogP contribution is 2.15. The Balaban J connectivity index is 2.24. The highest BCUT2D eigenvalue weighted by Gasteiger charge is 2.13. The topological polar surface area (TPSA) is 79.3 Å². The molecular formula is C14H12N2O3. The van der Waals surface area contributed by atoms with Crippen LogP contribution in [0.3, 0.4) is 0 Å². The summed E-state index contributed by atoms with van der Waals surface area (Å²) in [5, 5.41) is 11.6. The van der Waals surface area contributed by atoms with E-state index in [0.717, 1.165) is 5.56 Å². The van der Waals surface area contributed by atoms with Crippen molar-refractivity contribution < 1.29 is 14.7 Å². The van der Waals surface area contributed by atoms with Gasteiger partial charge in [-0.2, -0.15) is 0 Å². The Labute approximate surface area is 109 Å². The molecule has 1 aromatic carbocycles. The van der Waals surface area contributed by atoms with Crippen LogP contribution in [0, 0.1) is 6.92 Å². The van der Waals surface area contributed by atoms with E-state index in [0.29, 0.717) is 5.56 Å². The molecule has 0 unspecified atom stereocenters. The fourth-order valence-corrected chi connectivity index (χ4v) is 1.58. The molecule has 1 aromatic heterocycles. The molecule has 1 amide bonds. The molecule has 1 heterocycles. The van der Waals surface area contributed by atoms with Gasteiger partial charge in [0.25, 0.3) is 5.91 Å². The molecule has 5 nitrogen and oxygen atoms in total. The number of hydrogen-bond acceptors (Lipinski definition) is 3. The van der Waals surface area contributed by atoms with Gasteiger partial charge in [0.05, 0.1) is 17.4 Å². The zero-order valence-corrected chi connectivity index (χ0v) is 10.3. The van der Waals surface area contributed by atoms with Crippen molar-refractivity contribution >= 4 is 17.6 Å². The molecule has 0 bridgehead atoms. The van der Waals surface area contributed by atoms with Gasteiger partial charge in [-0.1, -0.05) is 17.7 Å². The molecule has 2 aromatic rings. The molecule has 5 heteroatoms. The molecule has 0 radical (unpaired) electrons. The maximum atomic E-state index is 12.0. The monoisotopic (exact) mass is 256 g/mol. The Kier molecular flexibility index (Phi) is 3.56. The lowest BCUT2D eigenvalue weighted by Gasteiger charge is -2.07. The van der Waals surface area contributed by atoms with E-state index in [9.17, 15) is 9.59 Å². The van der Waals surface area contributed by atoms with Crippen LogP contribution >= 0.6 is 0 Å². The fraction of sp³-hybridized carbons (Fsp3) is 0.0714. The van der Waals surface area contributed by atoms with Crippen molar-refractivity contribution in [3.63, 3.8) is 0 Å². The Morgan fingerprint density at radius 3 is 2.47 bits per heavy atom. The van der Waals surface area contributed by atoms with E-state index in [1.165, 1.54) is 18.5 Å². The first-order valence-corrected chi connectivity index (χ1v) is 5.63. The molecule has 0 saturated heterocycles. The van der Waals surface area contributed by atoms with Gasteiger partial charge in [-0.05, 0) is 25.1 Å². The number of benzene rings is 1. The third-order valence-electron chi connectivity index (χ3n) is 2.61. The van der Waals surface area contributed by atoms with Crippen LogP contribution in [0.5, 0.6) is 0 Å². The molecule has 96 valence electrons. The molecule has 0 aliphatic rings. The molecule has 19 heavy (non-hydrogen) atoms. The molecule has 2 rings (SSSR count). The van der Waals surface area contributed by atoms with Crippen molar-refractivity contribution in [1.29, 1.82) is 0 Å². The van der Waals surface area contributed by atoms with Crippen LogP contribution in [0.1, 0.15) is 26.3 Å². The zero-order chi connectivity index (χ0) is 13.8. The van der Waals surface area contributed by atoms with Crippen molar-refractivity contribution in [1.82, 2.24) is 4.98 Å². The number of amides is 1. The third kappa shape index (κ3) is 2.95. The van der Waals surface area contributed by atoms with E-state index in [2.05, 4.69) is 10.3 Å². The average Bonchev–Trinajstić information content (AvgIpc) is 2.39. The van der Waals surface area contributed by atoms with E-state index in [1.54, 1.807) is 12.1 Å². The number of nitrogens with zero attached hydrogens (tertiary/aromatic N) is 1. The van der Waals surface area contributed by atoms with Crippen LogP contribution in [0.4, 0.5) is 5.69 Å². The van der Waals surface area contributed by atoms with Crippen LogP contribution in [0.15, 0.2) is 42.7 Å². The number of rotatable bonds is 3. The lowest BCUT2D eigenvalue weighted by atomic mass is 10.1. The minimum Gasteiger partial charge on any atom is -0.478 e. The van der Waals surface area contributed by atoms with Gasteiger partial charge in [-0.3, -0.25) is 9.78 Å². The molecule has 0 atom stereocenters. The minimum atomic E-state index is -1.11. The second kappa shape index (κ2) is 5.30. The van der Waals surface area contributed by atoms with Crippen molar-refractivity contribution in [2.45, 2.75) is 6.92 Å². The van der Waals surface area contributed by atoms with Crippen molar-refractivity contribution in [2.75, 3.05) is 5.32 Å². The van der Waals surface area contributed by atoms with Gasteiger partial charge in [-0.25, -0.2) is 4.79 Å². The molecule has 0 fully saturated rings. The number of aryl methyl sites for hydroxylation is 1. The van der Waals surface area contributed by atoms with Crippen LogP contribution in [0.2, 0.25) is 0 Å². The van der Waals surface area contributed by atoms with Crippen molar-refractivity contribution in [3.8, 4) is 0 Å². The molecule has 0 aliphatic heterocycles. The average molecular weight is 256 g/mol. The number of carboxylic acids is 1. The number of carboxylic acid groups (broad SMARTS) is 1. The quantitative estimate of drug-likeness (QED) is 0.883. The smallest absolute Gasteiger partial charge is 0.337 e. The van der Waals surface area contributed by atoms with Gasteiger partial charge < -0.3 is 10.4 Å². The summed E-state index contributed by atoms with van der Waals surface area (Å²) < 4.78 is 0. The van der Waals surface area contributed by atoms with Crippen LogP contribution in [-0.2, 0) is 0 Å². The summed E-state index contributed by atoms with van der Waals surface area (Å²) in [6, 6.07) is 8.34. The Morgan fingerprint density at radius 2 is 1.84 bits per heavy atom. The first-order valence-electron chi connectivity index (χ1n) is 5.63. The highest BCUT2D eigenvalue weighted by molar-refractivity contribution is 6.07. The largest absolute Gasteiger partial charge is 0.478 e. The van der Waals surface area contributed by atoms with Gasteiger partial charge in [0, 0.05) is 11.8 Å². The first-order chi connectivity index (χ1) is 9.08. The third-order valence-corrected chi connectivity index (χ3v) is 2.61. The van der Waals surface area contributed by atoms with E-state index in [1.807, 2.05) is 19.1 Å². The Morgan fingerprint density at radius 1 is 1.16 bits per heavy atom.